The molecule has 1 aliphatic carbocycles. The largest absolute Gasteiger partial charge is 0.352 e. The van der Waals surface area contributed by atoms with Crippen molar-refractivity contribution in [3.8, 4) is 0 Å². The molecule has 4 rings (SSSR count). The van der Waals surface area contributed by atoms with Crippen LogP contribution in [0.3, 0.4) is 0 Å². The van der Waals surface area contributed by atoms with Crippen molar-refractivity contribution in [2.75, 3.05) is 10.8 Å². The van der Waals surface area contributed by atoms with Gasteiger partial charge in [0.1, 0.15) is 12.6 Å². The van der Waals surface area contributed by atoms with Crippen LogP contribution in [-0.2, 0) is 26.2 Å². The highest BCUT2D eigenvalue weighted by molar-refractivity contribution is 7.92. The monoisotopic (exact) mass is 595 g/mol. The third-order valence-corrected chi connectivity index (χ3v) is 9.84. The molecule has 3 aromatic carbocycles. The smallest absolute Gasteiger partial charge is 0.264 e. The molecule has 218 valence electrons. The molecule has 1 aliphatic rings. The molecule has 0 saturated heterocycles. The van der Waals surface area contributed by atoms with Gasteiger partial charge in [-0.15, -0.1) is 0 Å². The van der Waals surface area contributed by atoms with Crippen molar-refractivity contribution in [2.24, 2.45) is 0 Å². The summed E-state index contributed by atoms with van der Waals surface area (Å²) in [5.74, 6) is -0.736. The molecule has 3 aromatic rings. The molecular weight excluding hydrogens is 558 g/mol. The second kappa shape index (κ2) is 13.5. The zero-order valence-corrected chi connectivity index (χ0v) is 25.4. The molecule has 2 amide bonds. The van der Waals surface area contributed by atoms with E-state index < -0.39 is 28.5 Å². The summed E-state index contributed by atoms with van der Waals surface area (Å²) in [7, 11) is -4.14. The van der Waals surface area contributed by atoms with Gasteiger partial charge in [0.05, 0.1) is 10.6 Å². The van der Waals surface area contributed by atoms with E-state index in [1.54, 1.807) is 37.3 Å². The minimum Gasteiger partial charge on any atom is -0.352 e. The molecular formula is C32H38ClN3O4S. The number of carbonyl (C=O) groups excluding carboxylic acids is 2. The number of anilines is 1. The summed E-state index contributed by atoms with van der Waals surface area (Å²) in [6.07, 6.45) is 5.13. The van der Waals surface area contributed by atoms with Crippen LogP contribution in [0.25, 0.3) is 0 Å². The fraction of sp³-hybridized carbons (Fsp3) is 0.375. The van der Waals surface area contributed by atoms with Crippen molar-refractivity contribution in [1.29, 1.82) is 0 Å². The van der Waals surface area contributed by atoms with E-state index in [2.05, 4.69) is 5.32 Å². The van der Waals surface area contributed by atoms with Gasteiger partial charge in [0, 0.05) is 17.6 Å². The Balaban J connectivity index is 1.68. The van der Waals surface area contributed by atoms with E-state index in [1.165, 1.54) is 17.0 Å². The van der Waals surface area contributed by atoms with E-state index in [4.69, 9.17) is 11.6 Å². The lowest BCUT2D eigenvalue weighted by Gasteiger charge is -2.33. The Bertz CT molecular complexity index is 1460. The highest BCUT2D eigenvalue weighted by Crippen LogP contribution is 2.29. The average Bonchev–Trinajstić information content (AvgIpc) is 2.97. The Morgan fingerprint density at radius 3 is 2.24 bits per heavy atom. The van der Waals surface area contributed by atoms with Gasteiger partial charge in [0.25, 0.3) is 10.0 Å². The molecule has 0 heterocycles. The second-order valence-corrected chi connectivity index (χ2v) is 13.1. The van der Waals surface area contributed by atoms with Crippen LogP contribution in [0.1, 0.15) is 55.7 Å². The number of nitrogens with zero attached hydrogens (tertiary/aromatic N) is 2. The Morgan fingerprint density at radius 2 is 1.61 bits per heavy atom. The summed E-state index contributed by atoms with van der Waals surface area (Å²) in [5.41, 5.74) is 2.81. The van der Waals surface area contributed by atoms with E-state index >= 15 is 0 Å². The Kier molecular flexibility index (Phi) is 10.1. The third kappa shape index (κ3) is 7.68. The van der Waals surface area contributed by atoms with E-state index in [1.807, 2.05) is 44.2 Å². The van der Waals surface area contributed by atoms with Crippen molar-refractivity contribution in [1.82, 2.24) is 10.2 Å². The highest BCUT2D eigenvalue weighted by Gasteiger charge is 2.33. The van der Waals surface area contributed by atoms with Crippen LogP contribution in [0, 0.1) is 13.8 Å². The number of halogens is 1. The first-order chi connectivity index (χ1) is 19.6. The first-order valence-electron chi connectivity index (χ1n) is 14.1. The molecule has 0 aromatic heterocycles. The lowest BCUT2D eigenvalue weighted by atomic mass is 9.95. The zero-order valence-electron chi connectivity index (χ0n) is 23.8. The molecule has 1 N–H and O–H groups in total. The van der Waals surface area contributed by atoms with Crippen molar-refractivity contribution < 1.29 is 18.0 Å². The van der Waals surface area contributed by atoms with E-state index in [0.717, 1.165) is 53.1 Å². The standard InChI is InChI=1S/C32H38ClN3O4S/c1-23-14-18-29(19-15-23)41(39,40)36(28-17-16-24(2)30(33)20-28)22-31(37)35(21-26-10-6-4-7-11-26)25(3)32(38)34-27-12-8-5-9-13-27/h4,6-7,10-11,14-20,25,27H,5,8-9,12-13,21-22H2,1-3H3,(H,34,38)/t25-/m0/s1. The quantitative estimate of drug-likeness (QED) is 0.311. The van der Waals surface area contributed by atoms with Crippen molar-refractivity contribution in [2.45, 2.75) is 76.4 Å². The van der Waals surface area contributed by atoms with Crippen LogP contribution >= 0.6 is 11.6 Å². The fourth-order valence-corrected chi connectivity index (χ4v) is 6.62. The summed E-state index contributed by atoms with van der Waals surface area (Å²) in [5, 5.41) is 3.51. The molecule has 1 saturated carbocycles. The molecule has 0 aliphatic heterocycles. The molecule has 1 fully saturated rings. The lowest BCUT2D eigenvalue weighted by molar-refractivity contribution is -0.139. The molecule has 0 spiro atoms. The predicted molar refractivity (Wildman–Crippen MR) is 163 cm³/mol. The summed E-state index contributed by atoms with van der Waals surface area (Å²) < 4.78 is 29.0. The lowest BCUT2D eigenvalue weighted by Crippen LogP contribution is -2.53. The SMILES string of the molecule is Cc1ccc(S(=O)(=O)N(CC(=O)N(Cc2ccccc2)[C@@H](C)C(=O)NC2CCCCC2)c2ccc(C)c(Cl)c2)cc1. The number of benzene rings is 3. The van der Waals surface area contributed by atoms with E-state index in [9.17, 15) is 18.0 Å². The Morgan fingerprint density at radius 1 is 0.951 bits per heavy atom. The maximum atomic E-state index is 14.1. The van der Waals surface area contributed by atoms with Gasteiger partial charge in [-0.2, -0.15) is 0 Å². The second-order valence-electron chi connectivity index (χ2n) is 10.8. The molecule has 41 heavy (non-hydrogen) atoms. The minimum absolute atomic E-state index is 0.0605. The topological polar surface area (TPSA) is 86.8 Å². The summed E-state index contributed by atoms with van der Waals surface area (Å²) in [6, 6.07) is 20.1. The number of amides is 2. The van der Waals surface area contributed by atoms with Gasteiger partial charge in [-0.25, -0.2) is 8.42 Å². The summed E-state index contributed by atoms with van der Waals surface area (Å²) >= 11 is 6.40. The van der Waals surface area contributed by atoms with Crippen LogP contribution < -0.4 is 9.62 Å². The van der Waals surface area contributed by atoms with Gasteiger partial charge in [0.2, 0.25) is 11.8 Å². The number of sulfonamides is 1. The van der Waals surface area contributed by atoms with Gasteiger partial charge in [0.15, 0.2) is 0 Å². The molecule has 9 heteroatoms. The fourth-order valence-electron chi connectivity index (χ4n) is 5.03. The number of aryl methyl sites for hydroxylation is 2. The molecule has 1 atom stereocenters. The predicted octanol–water partition coefficient (Wildman–Crippen LogP) is 6.02. The van der Waals surface area contributed by atoms with E-state index in [0.29, 0.717) is 5.02 Å². The summed E-state index contributed by atoms with van der Waals surface area (Å²) in [4.78, 5) is 29.0. The van der Waals surface area contributed by atoms with Crippen LogP contribution in [0.2, 0.25) is 5.02 Å². The molecule has 7 nitrogen and oxygen atoms in total. The van der Waals surface area contributed by atoms with Crippen molar-refractivity contribution in [3.05, 3.63) is 94.5 Å². The third-order valence-electron chi connectivity index (χ3n) is 7.65. The van der Waals surface area contributed by atoms with Gasteiger partial charge in [-0.05, 0) is 69.0 Å². The minimum atomic E-state index is -4.14. The number of hydrogen-bond donors (Lipinski definition) is 1. The van der Waals surface area contributed by atoms with Crippen LogP contribution in [0.5, 0.6) is 0 Å². The maximum absolute atomic E-state index is 14.1. The highest BCUT2D eigenvalue weighted by atomic mass is 35.5. The number of carbonyl (C=O) groups is 2. The maximum Gasteiger partial charge on any atom is 0.264 e. The van der Waals surface area contributed by atoms with Crippen LogP contribution in [-0.4, -0.2) is 43.8 Å². The van der Waals surface area contributed by atoms with Gasteiger partial charge < -0.3 is 10.2 Å². The average molecular weight is 596 g/mol. The van der Waals surface area contributed by atoms with Crippen molar-refractivity contribution >= 4 is 39.1 Å². The van der Waals surface area contributed by atoms with Gasteiger partial charge in [-0.3, -0.25) is 13.9 Å². The van der Waals surface area contributed by atoms with Gasteiger partial charge >= 0.3 is 0 Å². The normalized spacial score (nSPS) is 14.7. The number of nitrogens with one attached hydrogen (secondary N) is 1. The van der Waals surface area contributed by atoms with Crippen LogP contribution in [0.15, 0.2) is 77.7 Å². The molecule has 0 unspecified atom stereocenters. The number of hydrogen-bond acceptors (Lipinski definition) is 4. The van der Waals surface area contributed by atoms with Crippen molar-refractivity contribution in [3.63, 3.8) is 0 Å². The number of rotatable bonds is 10. The molecule has 0 radical (unpaired) electrons. The molecule has 0 bridgehead atoms. The first-order valence-corrected chi connectivity index (χ1v) is 15.9. The van der Waals surface area contributed by atoms with Crippen LogP contribution in [0.4, 0.5) is 5.69 Å². The van der Waals surface area contributed by atoms with E-state index in [-0.39, 0.29) is 29.1 Å². The first kappa shape index (κ1) is 30.6. The Hall–Kier alpha value is -3.36. The van der Waals surface area contributed by atoms with Gasteiger partial charge in [-0.1, -0.05) is 85.0 Å². The zero-order chi connectivity index (χ0) is 29.6. The Labute approximate surface area is 248 Å². The summed E-state index contributed by atoms with van der Waals surface area (Å²) in [6.45, 7) is 5.05.